The number of anilines is 3. The van der Waals surface area contributed by atoms with E-state index in [-0.39, 0.29) is 5.41 Å². The second kappa shape index (κ2) is 8.43. The van der Waals surface area contributed by atoms with Crippen molar-refractivity contribution in [2.24, 2.45) is 0 Å². The molecule has 2 aliphatic heterocycles. The standard InChI is InChI=1S/C26H28N6S2/c1-15-11-27-24(28-12-15)31-17(3)18(4)33-22(31)23-32(25-29-13-16(2)14-30-25)20-9-8-19(26(5,6)7)10-21(20)34-23/h8-14H,1-7H3/b23-22+. The number of hydrogen-bond acceptors (Lipinski definition) is 8. The van der Waals surface area contributed by atoms with Crippen molar-refractivity contribution in [1.29, 1.82) is 0 Å². The zero-order valence-electron chi connectivity index (χ0n) is 20.5. The first-order valence-electron chi connectivity index (χ1n) is 11.2. The highest BCUT2D eigenvalue weighted by Crippen LogP contribution is 2.56. The topological polar surface area (TPSA) is 58.0 Å². The van der Waals surface area contributed by atoms with Crippen LogP contribution in [0.3, 0.4) is 0 Å². The van der Waals surface area contributed by atoms with Crippen LogP contribution in [0.5, 0.6) is 0 Å². The van der Waals surface area contributed by atoms with Gasteiger partial charge in [-0.2, -0.15) is 0 Å². The number of thioether (sulfide) groups is 2. The Kier molecular flexibility index (Phi) is 5.68. The zero-order valence-corrected chi connectivity index (χ0v) is 22.2. The van der Waals surface area contributed by atoms with Crippen LogP contribution in [0, 0.1) is 13.8 Å². The molecule has 3 aromatic rings. The number of hydrogen-bond donors (Lipinski definition) is 0. The quantitative estimate of drug-likeness (QED) is 0.380. The van der Waals surface area contributed by atoms with Crippen molar-refractivity contribution in [2.45, 2.75) is 58.8 Å². The molecule has 174 valence electrons. The Balaban J connectivity index is 1.70. The lowest BCUT2D eigenvalue weighted by molar-refractivity contribution is 0.589. The van der Waals surface area contributed by atoms with Gasteiger partial charge in [0.15, 0.2) is 0 Å². The van der Waals surface area contributed by atoms with Crippen LogP contribution in [0.15, 0.2) is 68.5 Å². The summed E-state index contributed by atoms with van der Waals surface area (Å²) in [6, 6.07) is 6.71. The largest absolute Gasteiger partial charge is 0.274 e. The molecule has 0 atom stereocenters. The van der Waals surface area contributed by atoms with Gasteiger partial charge in [0.1, 0.15) is 10.1 Å². The van der Waals surface area contributed by atoms with E-state index in [1.165, 1.54) is 15.4 Å². The van der Waals surface area contributed by atoms with Gasteiger partial charge in [0.2, 0.25) is 11.9 Å². The predicted molar refractivity (Wildman–Crippen MR) is 142 cm³/mol. The van der Waals surface area contributed by atoms with E-state index in [9.17, 15) is 0 Å². The lowest BCUT2D eigenvalue weighted by atomic mass is 9.87. The highest BCUT2D eigenvalue weighted by molar-refractivity contribution is 8.09. The third-order valence-corrected chi connectivity index (χ3v) is 8.31. The summed E-state index contributed by atoms with van der Waals surface area (Å²) in [5.41, 5.74) is 5.67. The molecule has 2 aromatic heterocycles. The molecule has 1 aromatic carbocycles. The summed E-state index contributed by atoms with van der Waals surface area (Å²) < 4.78 is 0. The number of nitrogens with zero attached hydrogens (tertiary/aromatic N) is 6. The molecule has 0 unspecified atom stereocenters. The molecule has 6 nitrogen and oxygen atoms in total. The molecule has 5 rings (SSSR count). The van der Waals surface area contributed by atoms with Crippen LogP contribution in [0.1, 0.15) is 51.3 Å². The summed E-state index contributed by atoms with van der Waals surface area (Å²) in [5, 5.41) is 2.14. The van der Waals surface area contributed by atoms with E-state index >= 15 is 0 Å². The number of fused-ring (bicyclic) bond motifs is 1. The van der Waals surface area contributed by atoms with Crippen LogP contribution in [0.2, 0.25) is 0 Å². The van der Waals surface area contributed by atoms with Crippen molar-refractivity contribution < 1.29 is 0 Å². The van der Waals surface area contributed by atoms with Gasteiger partial charge in [-0.3, -0.25) is 9.80 Å². The molecule has 0 N–H and O–H groups in total. The molecule has 0 fully saturated rings. The maximum atomic E-state index is 4.69. The third-order valence-electron chi connectivity index (χ3n) is 5.89. The number of rotatable bonds is 2. The minimum atomic E-state index is 0.0648. The summed E-state index contributed by atoms with van der Waals surface area (Å²) >= 11 is 3.50. The van der Waals surface area contributed by atoms with Crippen LogP contribution in [-0.4, -0.2) is 19.9 Å². The Labute approximate surface area is 209 Å². The van der Waals surface area contributed by atoms with Gasteiger partial charge in [0, 0.05) is 40.3 Å². The van der Waals surface area contributed by atoms with Gasteiger partial charge in [-0.25, -0.2) is 19.9 Å². The van der Waals surface area contributed by atoms with Crippen molar-refractivity contribution in [3.8, 4) is 0 Å². The van der Waals surface area contributed by atoms with Crippen molar-refractivity contribution in [3.63, 3.8) is 0 Å². The van der Waals surface area contributed by atoms with E-state index in [1.54, 1.807) is 23.5 Å². The van der Waals surface area contributed by atoms with Gasteiger partial charge in [-0.15, -0.1) is 0 Å². The van der Waals surface area contributed by atoms with Gasteiger partial charge in [0.25, 0.3) is 0 Å². The molecule has 0 aliphatic carbocycles. The third kappa shape index (κ3) is 3.99. The highest BCUT2D eigenvalue weighted by Gasteiger charge is 2.38. The molecule has 0 bridgehead atoms. The predicted octanol–water partition coefficient (Wildman–Crippen LogP) is 7.06. The monoisotopic (exact) mass is 488 g/mol. The van der Waals surface area contributed by atoms with Crippen LogP contribution in [0.4, 0.5) is 17.6 Å². The van der Waals surface area contributed by atoms with Gasteiger partial charge in [-0.05, 0) is 61.9 Å². The van der Waals surface area contributed by atoms with Crippen LogP contribution < -0.4 is 9.80 Å². The first-order chi connectivity index (χ1) is 16.1. The molecule has 0 saturated carbocycles. The molecule has 0 radical (unpaired) electrons. The first kappa shape index (κ1) is 22.9. The van der Waals surface area contributed by atoms with Gasteiger partial charge in [-0.1, -0.05) is 50.4 Å². The van der Waals surface area contributed by atoms with Crippen molar-refractivity contribution in [2.75, 3.05) is 9.80 Å². The van der Waals surface area contributed by atoms with Gasteiger partial charge in [0.05, 0.1) is 5.69 Å². The van der Waals surface area contributed by atoms with Crippen molar-refractivity contribution in [3.05, 3.63) is 80.3 Å². The van der Waals surface area contributed by atoms with E-state index in [1.807, 2.05) is 38.6 Å². The summed E-state index contributed by atoms with van der Waals surface area (Å²) in [5.74, 6) is 1.34. The second-order valence-electron chi connectivity index (χ2n) is 9.68. The summed E-state index contributed by atoms with van der Waals surface area (Å²) in [6.07, 6.45) is 7.47. The molecular weight excluding hydrogens is 460 g/mol. The summed E-state index contributed by atoms with van der Waals surface area (Å²) in [7, 11) is 0. The summed E-state index contributed by atoms with van der Waals surface area (Å²) in [6.45, 7) is 15.0. The lowest BCUT2D eigenvalue weighted by Gasteiger charge is -2.25. The Morgan fingerprint density at radius 1 is 0.706 bits per heavy atom. The molecule has 0 spiro atoms. The Hall–Kier alpha value is -2.84. The van der Waals surface area contributed by atoms with E-state index in [0.717, 1.165) is 32.6 Å². The Morgan fingerprint density at radius 2 is 1.24 bits per heavy atom. The van der Waals surface area contributed by atoms with E-state index in [4.69, 9.17) is 9.97 Å². The van der Waals surface area contributed by atoms with Gasteiger partial charge >= 0.3 is 0 Å². The van der Waals surface area contributed by atoms with E-state index < -0.39 is 0 Å². The first-order valence-corrected chi connectivity index (χ1v) is 12.9. The lowest BCUT2D eigenvalue weighted by Crippen LogP contribution is -2.23. The molecule has 0 amide bonds. The maximum absolute atomic E-state index is 4.69. The molecular formula is C26H28N6S2. The van der Waals surface area contributed by atoms with Crippen molar-refractivity contribution in [1.82, 2.24) is 19.9 Å². The average Bonchev–Trinajstić information content (AvgIpc) is 3.31. The number of benzene rings is 1. The fourth-order valence-electron chi connectivity index (χ4n) is 3.80. The maximum Gasteiger partial charge on any atom is 0.235 e. The molecule has 4 heterocycles. The van der Waals surface area contributed by atoms with Crippen molar-refractivity contribution >= 4 is 41.1 Å². The minimum Gasteiger partial charge on any atom is -0.274 e. The average molecular weight is 489 g/mol. The van der Waals surface area contributed by atoms with E-state index in [0.29, 0.717) is 11.9 Å². The number of allylic oxidation sites excluding steroid dienone is 2. The zero-order chi connectivity index (χ0) is 24.2. The molecule has 8 heteroatoms. The molecule has 34 heavy (non-hydrogen) atoms. The second-order valence-corrected chi connectivity index (χ2v) is 11.9. The normalized spacial score (nSPS) is 18.2. The Morgan fingerprint density at radius 3 is 1.79 bits per heavy atom. The molecule has 0 saturated heterocycles. The van der Waals surface area contributed by atoms with Gasteiger partial charge < -0.3 is 0 Å². The fourth-order valence-corrected chi connectivity index (χ4v) is 6.18. The fraction of sp³-hybridized carbons (Fsp3) is 0.308. The van der Waals surface area contributed by atoms with E-state index in [2.05, 4.69) is 72.6 Å². The Bertz CT molecular complexity index is 1320. The molecule has 2 aliphatic rings. The number of aromatic nitrogens is 4. The minimum absolute atomic E-state index is 0.0648. The van der Waals surface area contributed by atoms with Crippen LogP contribution in [0.25, 0.3) is 0 Å². The summed E-state index contributed by atoms with van der Waals surface area (Å²) in [4.78, 5) is 25.4. The van der Waals surface area contributed by atoms with Crippen LogP contribution in [-0.2, 0) is 5.41 Å². The highest BCUT2D eigenvalue weighted by atomic mass is 32.2. The number of aryl methyl sites for hydroxylation is 2. The van der Waals surface area contributed by atoms with Crippen LogP contribution >= 0.6 is 23.5 Å². The SMILES string of the molecule is CC1=C(C)N(c2ncc(C)cn2)/C(=C2\Sc3cc(C(C)(C)C)ccc3N2c2ncc(C)cn2)S1. The smallest absolute Gasteiger partial charge is 0.235 e.